The van der Waals surface area contributed by atoms with Gasteiger partial charge in [0.05, 0.1) is 23.3 Å². The van der Waals surface area contributed by atoms with Gasteiger partial charge in [0.1, 0.15) is 0 Å². The highest BCUT2D eigenvalue weighted by molar-refractivity contribution is 5.94. The van der Waals surface area contributed by atoms with Gasteiger partial charge in [0.25, 0.3) is 5.91 Å². The van der Waals surface area contributed by atoms with Crippen LogP contribution < -0.4 is 5.32 Å². The molecule has 270 valence electrons. The fraction of sp³-hybridized carbons (Fsp3) is 0.386. The number of carbonyl (C=O) groups is 1. The lowest BCUT2D eigenvalue weighted by Crippen LogP contribution is -2.28. The first-order valence-corrected chi connectivity index (χ1v) is 18.6. The molecule has 0 radical (unpaired) electrons. The van der Waals surface area contributed by atoms with E-state index in [1.807, 2.05) is 24.3 Å². The summed E-state index contributed by atoms with van der Waals surface area (Å²) in [5, 5.41) is 21.9. The first-order valence-electron chi connectivity index (χ1n) is 18.6. The van der Waals surface area contributed by atoms with Gasteiger partial charge in [-0.15, -0.1) is 0 Å². The van der Waals surface area contributed by atoms with E-state index in [0.29, 0.717) is 11.1 Å². The molecule has 4 aromatic rings. The Balaban J connectivity index is 0.000000202. The minimum absolute atomic E-state index is 0.111. The van der Waals surface area contributed by atoms with Crippen LogP contribution in [-0.4, -0.2) is 99.0 Å². The minimum Gasteiger partial charge on any atom is -0.355 e. The fourth-order valence-corrected chi connectivity index (χ4v) is 6.97. The van der Waals surface area contributed by atoms with Gasteiger partial charge in [-0.25, -0.2) is 0 Å². The molecule has 6 rings (SSSR count). The zero-order valence-electron chi connectivity index (χ0n) is 31.4. The molecule has 0 saturated carbocycles. The third-order valence-electron chi connectivity index (χ3n) is 10.2. The second-order valence-electron chi connectivity index (χ2n) is 14.1. The van der Waals surface area contributed by atoms with Crippen LogP contribution in [0, 0.1) is 22.7 Å². The Kier molecular flexibility index (Phi) is 14.1. The molecule has 52 heavy (non-hydrogen) atoms. The van der Waals surface area contributed by atoms with Crippen molar-refractivity contribution >= 4 is 5.91 Å². The average molecular weight is 696 g/mol. The first-order chi connectivity index (χ1) is 25.3. The molecule has 0 bridgehead atoms. The van der Waals surface area contributed by atoms with Crippen LogP contribution in [-0.2, 0) is 19.5 Å². The zero-order valence-corrected chi connectivity index (χ0v) is 31.4. The molecular weight excluding hydrogens is 643 g/mol. The van der Waals surface area contributed by atoms with Crippen molar-refractivity contribution in [2.24, 2.45) is 0 Å². The number of nitriles is 2. The summed E-state index contributed by atoms with van der Waals surface area (Å²) in [5.74, 6) is -0.111. The van der Waals surface area contributed by atoms with Crippen molar-refractivity contribution in [1.82, 2.24) is 24.9 Å². The van der Waals surface area contributed by atoms with Crippen molar-refractivity contribution in [3.05, 3.63) is 118 Å². The van der Waals surface area contributed by atoms with E-state index < -0.39 is 0 Å². The lowest BCUT2D eigenvalue weighted by Gasteiger charge is -2.20. The van der Waals surface area contributed by atoms with E-state index >= 15 is 0 Å². The molecule has 2 saturated heterocycles. The molecule has 2 fully saturated rings. The quantitative estimate of drug-likeness (QED) is 0.221. The summed E-state index contributed by atoms with van der Waals surface area (Å²) in [6.45, 7) is 12.9. The molecule has 0 spiro atoms. The van der Waals surface area contributed by atoms with Gasteiger partial charge >= 0.3 is 0 Å². The average Bonchev–Trinajstić information content (AvgIpc) is 3.52. The van der Waals surface area contributed by atoms with Crippen LogP contribution in [0.25, 0.3) is 22.3 Å². The highest BCUT2D eigenvalue weighted by atomic mass is 16.1. The molecule has 0 aliphatic carbocycles. The molecular formula is C44H53N7O. The van der Waals surface area contributed by atoms with E-state index in [-0.39, 0.29) is 5.91 Å². The molecule has 1 amide bonds. The predicted octanol–water partition coefficient (Wildman–Crippen LogP) is 6.65. The number of hydrogen-bond donors (Lipinski definition) is 1. The largest absolute Gasteiger partial charge is 0.355 e. The molecule has 2 aliphatic rings. The maximum absolute atomic E-state index is 11.7. The molecule has 4 aromatic carbocycles. The van der Waals surface area contributed by atoms with Crippen LogP contribution in [0.5, 0.6) is 0 Å². The van der Waals surface area contributed by atoms with Crippen LogP contribution in [0.4, 0.5) is 0 Å². The Morgan fingerprint density at radius 3 is 1.48 bits per heavy atom. The third-order valence-corrected chi connectivity index (χ3v) is 10.2. The van der Waals surface area contributed by atoms with Crippen molar-refractivity contribution in [2.45, 2.75) is 39.3 Å². The zero-order chi connectivity index (χ0) is 36.9. The van der Waals surface area contributed by atoms with E-state index in [4.69, 9.17) is 0 Å². The summed E-state index contributed by atoms with van der Waals surface area (Å²) >= 11 is 0. The van der Waals surface area contributed by atoms with Crippen molar-refractivity contribution in [2.75, 3.05) is 73.5 Å². The van der Waals surface area contributed by atoms with E-state index in [2.05, 4.69) is 107 Å². The summed E-state index contributed by atoms with van der Waals surface area (Å²) in [5.41, 5.74) is 9.79. The fourth-order valence-electron chi connectivity index (χ4n) is 6.97. The number of benzene rings is 4. The molecule has 2 heterocycles. The summed E-state index contributed by atoms with van der Waals surface area (Å²) in [7, 11) is 5.97. The maximum atomic E-state index is 11.7. The van der Waals surface area contributed by atoms with Gasteiger partial charge in [0, 0.05) is 51.9 Å². The lowest BCUT2D eigenvalue weighted by atomic mass is 9.97. The summed E-state index contributed by atoms with van der Waals surface area (Å²) in [4.78, 5) is 21.4. The number of rotatable bonds is 8. The number of hydrogen-bond acceptors (Lipinski definition) is 7. The van der Waals surface area contributed by atoms with Crippen LogP contribution in [0.2, 0.25) is 0 Å². The van der Waals surface area contributed by atoms with Crippen molar-refractivity contribution < 1.29 is 4.79 Å². The van der Waals surface area contributed by atoms with Gasteiger partial charge in [0.2, 0.25) is 0 Å². The summed E-state index contributed by atoms with van der Waals surface area (Å²) in [6.07, 6.45) is 3.43. The Morgan fingerprint density at radius 1 is 0.615 bits per heavy atom. The normalized spacial score (nSPS) is 16.0. The summed E-state index contributed by atoms with van der Waals surface area (Å²) < 4.78 is 0. The number of nitrogens with zero attached hydrogens (tertiary/aromatic N) is 6. The van der Waals surface area contributed by atoms with Crippen molar-refractivity contribution in [1.29, 1.82) is 10.5 Å². The SMILES string of the molecule is CCc1ccc(-c2ccc(CN3CCCN(C)CC3)cc2C#N)cc1.CNC(=O)c1ccc(-c2ccc(CN3CCCN(C)CC3)cc2C#N)cc1. The van der Waals surface area contributed by atoms with E-state index in [9.17, 15) is 15.3 Å². The minimum atomic E-state index is -0.111. The van der Waals surface area contributed by atoms with Crippen LogP contribution >= 0.6 is 0 Å². The van der Waals surface area contributed by atoms with Gasteiger partial charge in [-0.1, -0.05) is 67.6 Å². The molecule has 8 heteroatoms. The number of likely N-dealkylation sites (N-methyl/N-ethyl adjacent to an activating group) is 2. The lowest BCUT2D eigenvalue weighted by molar-refractivity contribution is 0.0963. The van der Waals surface area contributed by atoms with E-state index in [0.717, 1.165) is 93.1 Å². The van der Waals surface area contributed by atoms with Crippen molar-refractivity contribution in [3.8, 4) is 34.4 Å². The monoisotopic (exact) mass is 695 g/mol. The standard InChI is InChI=1S/C22H26N4O.C22H27N3/c1-24-22(27)19-7-5-18(6-8-19)21-9-4-17(14-20(21)15-23)16-26-11-3-10-25(2)12-13-26;1-3-18-5-8-20(9-6-18)22-10-7-19(15-21(22)16-23)17-25-12-4-11-24(2)13-14-25/h4-9,14H,3,10-13,16H2,1-2H3,(H,24,27);5-10,15H,3-4,11-14,17H2,1-2H3. The third kappa shape index (κ3) is 10.6. The molecule has 2 aliphatic heterocycles. The topological polar surface area (TPSA) is 89.6 Å². The molecule has 8 nitrogen and oxygen atoms in total. The van der Waals surface area contributed by atoms with Gasteiger partial charge in [-0.3, -0.25) is 14.6 Å². The van der Waals surface area contributed by atoms with Crippen molar-refractivity contribution in [3.63, 3.8) is 0 Å². The number of carbonyl (C=O) groups excluding carboxylic acids is 1. The van der Waals surface area contributed by atoms with E-state index in [1.54, 1.807) is 19.2 Å². The molecule has 0 atom stereocenters. The summed E-state index contributed by atoms with van der Waals surface area (Å²) in [6, 6.07) is 33.1. The van der Waals surface area contributed by atoms with Crippen LogP contribution in [0.3, 0.4) is 0 Å². The highest BCUT2D eigenvalue weighted by Crippen LogP contribution is 2.27. The predicted molar refractivity (Wildman–Crippen MR) is 211 cm³/mol. The molecule has 1 N–H and O–H groups in total. The van der Waals surface area contributed by atoms with Crippen LogP contribution in [0.1, 0.15) is 57.9 Å². The Hall–Kier alpha value is -4.83. The number of amides is 1. The van der Waals surface area contributed by atoms with Gasteiger partial charge in [-0.2, -0.15) is 10.5 Å². The smallest absolute Gasteiger partial charge is 0.251 e. The number of aryl methyl sites for hydroxylation is 1. The second-order valence-corrected chi connectivity index (χ2v) is 14.1. The first kappa shape index (κ1) is 38.4. The maximum Gasteiger partial charge on any atom is 0.251 e. The molecule has 0 unspecified atom stereocenters. The van der Waals surface area contributed by atoms with Crippen LogP contribution in [0.15, 0.2) is 84.9 Å². The van der Waals surface area contributed by atoms with E-state index in [1.165, 1.54) is 36.1 Å². The van der Waals surface area contributed by atoms with Gasteiger partial charge in [-0.05, 0) is 123 Å². The Morgan fingerprint density at radius 2 is 1.06 bits per heavy atom. The van der Waals surface area contributed by atoms with Gasteiger partial charge < -0.3 is 15.1 Å². The molecule has 0 aromatic heterocycles. The second kappa shape index (κ2) is 19.1. The number of nitrogens with one attached hydrogen (secondary N) is 1. The Bertz CT molecular complexity index is 1860. The highest BCUT2D eigenvalue weighted by Gasteiger charge is 2.16. The van der Waals surface area contributed by atoms with Gasteiger partial charge in [0.15, 0.2) is 0 Å². The Labute approximate surface area is 310 Å².